The van der Waals surface area contributed by atoms with Crippen LogP contribution in [0.3, 0.4) is 0 Å². The van der Waals surface area contributed by atoms with Crippen LogP contribution >= 0.6 is 0 Å². The summed E-state index contributed by atoms with van der Waals surface area (Å²) in [5.74, 6) is 0. The minimum Gasteiger partial charge on any atom is -0.412 e. The van der Waals surface area contributed by atoms with Crippen LogP contribution in [0.25, 0.3) is 0 Å². The second-order valence-corrected chi connectivity index (χ2v) is 1.54. The largest absolute Gasteiger partial charge is 0.412 e. The Morgan fingerprint density at radius 2 is 1.12 bits per heavy atom. The van der Waals surface area contributed by atoms with Gasteiger partial charge in [0.2, 0.25) is 0 Å². The Hall–Kier alpha value is -0.250. The Balaban J connectivity index is -0.0000000267. The van der Waals surface area contributed by atoms with Gasteiger partial charge in [0.15, 0.2) is 0 Å². The van der Waals surface area contributed by atoms with Gasteiger partial charge in [-0.3, -0.25) is 4.55 Å². The van der Waals surface area contributed by atoms with E-state index in [1.807, 2.05) is 0 Å². The first-order valence-corrected chi connectivity index (χ1v) is 2.25. The van der Waals surface area contributed by atoms with Gasteiger partial charge in [0.1, 0.15) is 0 Å². The fourth-order valence-corrected chi connectivity index (χ4v) is 0. The van der Waals surface area contributed by atoms with Gasteiger partial charge in [-0.05, 0) is 0 Å². The minimum absolute atomic E-state index is 0. The van der Waals surface area contributed by atoms with E-state index in [-0.39, 0.29) is 16.4 Å². The zero-order chi connectivity index (χ0) is 4.50. The van der Waals surface area contributed by atoms with Crippen molar-refractivity contribution >= 4 is 10.3 Å². The van der Waals surface area contributed by atoms with Crippen molar-refractivity contribution in [3.05, 3.63) is 0 Å². The molecule has 9 N–H and O–H groups in total. The van der Waals surface area contributed by atoms with E-state index >= 15 is 0 Å². The average molecular weight is 151 g/mol. The predicted molar refractivity (Wildman–Crippen MR) is 26.6 cm³/mol. The molecule has 0 atom stereocenters. The van der Waals surface area contributed by atoms with Crippen molar-refractivity contribution in [2.75, 3.05) is 0 Å². The molecule has 0 amide bonds. The normalized spacial score (nSPS) is 7.25. The lowest BCUT2D eigenvalue weighted by molar-refractivity contribution is 0.485. The third-order valence-electron chi connectivity index (χ3n) is 0. The summed E-state index contributed by atoms with van der Waals surface area (Å²) in [5, 5.41) is 3.88. The second kappa shape index (κ2) is 6.75. The van der Waals surface area contributed by atoms with E-state index in [4.69, 9.17) is 13.0 Å². The van der Waals surface area contributed by atoms with Gasteiger partial charge in [-0.15, -0.1) is 0 Å². The van der Waals surface area contributed by atoms with Crippen LogP contribution in [0.4, 0.5) is 0 Å². The maximum absolute atomic E-state index is 8.97. The smallest absolute Gasteiger partial charge is 0.330 e. The summed E-state index contributed by atoms with van der Waals surface area (Å²) in [6.07, 6.45) is 0. The Bertz CT molecular complexity index is 91.7. The van der Waals surface area contributed by atoms with Gasteiger partial charge in [-0.1, -0.05) is 0 Å². The van der Waals surface area contributed by atoms with Crippen LogP contribution in [-0.4, -0.2) is 29.4 Å². The highest BCUT2D eigenvalue weighted by Crippen LogP contribution is 1.50. The molecule has 0 unspecified atom stereocenters. The van der Waals surface area contributed by atoms with Crippen molar-refractivity contribution in [1.82, 2.24) is 0 Å². The molecule has 0 bridgehead atoms. The fraction of sp³-hybridized carbons (Fsp3) is 0. The van der Waals surface area contributed by atoms with Crippen LogP contribution in [-0.2, 0) is 10.3 Å². The molecule has 0 aromatic rings. The first kappa shape index (κ1) is 25.1. The van der Waals surface area contributed by atoms with Crippen LogP contribution in [0.1, 0.15) is 0 Å². The lowest BCUT2D eigenvalue weighted by Gasteiger charge is -1.70. The van der Waals surface area contributed by atoms with Gasteiger partial charge < -0.3 is 16.4 Å². The third-order valence-corrected chi connectivity index (χ3v) is 0. The van der Waals surface area contributed by atoms with Crippen LogP contribution < -0.4 is 5.14 Å². The number of rotatable bonds is 0. The summed E-state index contributed by atoms with van der Waals surface area (Å²) < 4.78 is 25.2. The van der Waals surface area contributed by atoms with Crippen molar-refractivity contribution in [2.24, 2.45) is 5.14 Å². The van der Waals surface area contributed by atoms with Crippen LogP contribution in [0.15, 0.2) is 0 Å². The molecule has 0 fully saturated rings. The van der Waals surface area contributed by atoms with Gasteiger partial charge in [-0.25, -0.2) is 5.14 Å². The zero-order valence-corrected chi connectivity index (χ0v) is 4.57. The van der Waals surface area contributed by atoms with Gasteiger partial charge in [0, 0.05) is 0 Å². The summed E-state index contributed by atoms with van der Waals surface area (Å²) in [6.45, 7) is 0. The maximum atomic E-state index is 8.97. The van der Waals surface area contributed by atoms with E-state index in [1.165, 1.54) is 0 Å². The molecular formula is H9NO6S. The molecule has 0 aromatic heterocycles. The lowest BCUT2D eigenvalue weighted by atomic mass is 13.9. The number of hydrogen-bond acceptors (Lipinski definition) is 2. The quantitative estimate of drug-likeness (QED) is 0.339. The van der Waals surface area contributed by atoms with Gasteiger partial charge >= 0.3 is 10.3 Å². The molecule has 8 heteroatoms. The van der Waals surface area contributed by atoms with E-state index < -0.39 is 10.3 Å². The first-order valence-electron chi connectivity index (χ1n) is 0.752. The third kappa shape index (κ3) is 2080. The summed E-state index contributed by atoms with van der Waals surface area (Å²) >= 11 is 0. The molecule has 0 spiro atoms. The number of nitrogens with two attached hydrogens (primary N) is 1. The predicted octanol–water partition coefficient (Wildman–Crippen LogP) is -3.73. The van der Waals surface area contributed by atoms with E-state index in [0.717, 1.165) is 0 Å². The van der Waals surface area contributed by atoms with E-state index in [9.17, 15) is 0 Å². The molecule has 0 radical (unpaired) electrons. The van der Waals surface area contributed by atoms with Gasteiger partial charge in [-0.2, -0.15) is 8.42 Å². The van der Waals surface area contributed by atoms with Crippen LogP contribution in [0.5, 0.6) is 0 Å². The second-order valence-electron chi connectivity index (χ2n) is 0.515. The summed E-state index contributed by atoms with van der Waals surface area (Å²) in [4.78, 5) is 0. The lowest BCUT2D eigenvalue weighted by Crippen LogP contribution is -2.08. The molecule has 56 valence electrons. The first-order chi connectivity index (χ1) is 2.00. The van der Waals surface area contributed by atoms with E-state index in [1.54, 1.807) is 0 Å². The summed E-state index contributed by atoms with van der Waals surface area (Å²) in [7, 11) is -4.17. The Morgan fingerprint density at radius 1 is 1.12 bits per heavy atom. The fourth-order valence-electron chi connectivity index (χ4n) is 0. The highest BCUT2D eigenvalue weighted by atomic mass is 32.2. The van der Waals surface area contributed by atoms with Crippen molar-refractivity contribution in [3.63, 3.8) is 0 Å². The molecule has 0 aliphatic rings. The SMILES string of the molecule is NS(=O)(=O)O.O.O.O. The topological polar surface area (TPSA) is 175 Å². The van der Waals surface area contributed by atoms with E-state index in [0.29, 0.717) is 0 Å². The highest BCUT2D eigenvalue weighted by molar-refractivity contribution is 7.83. The molecule has 0 aliphatic heterocycles. The van der Waals surface area contributed by atoms with Crippen molar-refractivity contribution in [1.29, 1.82) is 0 Å². The summed E-state index contributed by atoms with van der Waals surface area (Å²) in [5.41, 5.74) is 0. The van der Waals surface area contributed by atoms with Crippen molar-refractivity contribution < 1.29 is 29.4 Å². The van der Waals surface area contributed by atoms with Crippen LogP contribution in [0.2, 0.25) is 0 Å². The Labute approximate surface area is 45.9 Å². The van der Waals surface area contributed by atoms with Gasteiger partial charge in [0.05, 0.1) is 0 Å². The van der Waals surface area contributed by atoms with Crippen LogP contribution in [0, 0.1) is 0 Å². The standard InChI is InChI=1S/H3NO3S.3H2O/c1-5(2,3)4;;;/h(H3,1,2,3,4);3*1H2. The Kier molecular flexibility index (Phi) is 21.2. The van der Waals surface area contributed by atoms with Crippen molar-refractivity contribution in [2.45, 2.75) is 0 Å². The maximum Gasteiger partial charge on any atom is 0.330 e. The molecule has 0 aromatic carbocycles. The minimum atomic E-state index is -4.17. The summed E-state index contributed by atoms with van der Waals surface area (Å²) in [6, 6.07) is 0. The zero-order valence-electron chi connectivity index (χ0n) is 3.75. The molecule has 0 rings (SSSR count). The van der Waals surface area contributed by atoms with E-state index in [2.05, 4.69) is 5.14 Å². The van der Waals surface area contributed by atoms with Gasteiger partial charge in [0.25, 0.3) is 0 Å². The molecular weight excluding hydrogens is 142 g/mol. The monoisotopic (exact) mass is 151 g/mol. The molecule has 8 heavy (non-hydrogen) atoms. The average Bonchev–Trinajstić information content (AvgIpc) is 0.722. The Morgan fingerprint density at radius 3 is 1.12 bits per heavy atom. The molecule has 7 nitrogen and oxygen atoms in total. The molecule has 0 saturated carbocycles. The molecule has 0 aliphatic carbocycles. The molecule has 0 saturated heterocycles. The molecule has 0 heterocycles. The number of hydrogen-bond donors (Lipinski definition) is 2. The van der Waals surface area contributed by atoms with Crippen molar-refractivity contribution in [3.8, 4) is 0 Å². The highest BCUT2D eigenvalue weighted by Gasteiger charge is 1.81.